The zero-order valence-electron chi connectivity index (χ0n) is 12.6. The van der Waals surface area contributed by atoms with E-state index < -0.39 is 5.97 Å². The Kier molecular flexibility index (Phi) is 4.34. The van der Waals surface area contributed by atoms with Gasteiger partial charge in [0, 0.05) is 10.8 Å². The van der Waals surface area contributed by atoms with Crippen molar-refractivity contribution < 1.29 is 19.4 Å². The van der Waals surface area contributed by atoms with E-state index in [9.17, 15) is 9.59 Å². The van der Waals surface area contributed by atoms with Crippen LogP contribution in [0.3, 0.4) is 0 Å². The molecule has 1 saturated carbocycles. The summed E-state index contributed by atoms with van der Waals surface area (Å²) in [5.41, 5.74) is 1.07. The van der Waals surface area contributed by atoms with Crippen LogP contribution in [0, 0.1) is 5.92 Å². The van der Waals surface area contributed by atoms with Gasteiger partial charge in [-0.1, -0.05) is 18.2 Å². The highest BCUT2D eigenvalue weighted by Gasteiger charge is 2.45. The third kappa shape index (κ3) is 3.37. The molecule has 5 nitrogen and oxygen atoms in total. The first-order chi connectivity index (χ1) is 11.1. The lowest BCUT2D eigenvalue weighted by Gasteiger charge is -2.08. The van der Waals surface area contributed by atoms with E-state index in [-0.39, 0.29) is 22.6 Å². The first-order valence-corrected chi connectivity index (χ1v) is 8.14. The minimum absolute atomic E-state index is 0.00572. The molecule has 1 aromatic heterocycles. The second kappa shape index (κ2) is 6.42. The summed E-state index contributed by atoms with van der Waals surface area (Å²) in [6.07, 6.45) is 0.816. The van der Waals surface area contributed by atoms with Crippen molar-refractivity contribution in [3.8, 4) is 5.75 Å². The highest BCUT2D eigenvalue weighted by Crippen LogP contribution is 2.50. The van der Waals surface area contributed by atoms with Gasteiger partial charge in [-0.15, -0.1) is 11.3 Å². The molecule has 1 aliphatic carbocycles. The van der Waals surface area contributed by atoms with E-state index in [1.54, 1.807) is 19.2 Å². The maximum absolute atomic E-state index is 12.2. The van der Waals surface area contributed by atoms with Crippen molar-refractivity contribution in [2.45, 2.75) is 18.9 Å². The molecular weight excluding hydrogens is 314 g/mol. The molecule has 1 amide bonds. The summed E-state index contributed by atoms with van der Waals surface area (Å²) in [6.45, 7) is 0.367. The molecule has 0 spiro atoms. The second-order valence-corrected chi connectivity index (χ2v) is 6.65. The van der Waals surface area contributed by atoms with Crippen LogP contribution in [0.25, 0.3) is 0 Å². The molecule has 1 heterocycles. The molecule has 6 heteroatoms. The highest BCUT2D eigenvalue weighted by atomic mass is 32.1. The molecule has 0 bridgehead atoms. The third-order valence-corrected chi connectivity index (χ3v) is 5.05. The fraction of sp³-hybridized carbons (Fsp3) is 0.294. The van der Waals surface area contributed by atoms with E-state index in [1.165, 1.54) is 11.3 Å². The summed E-state index contributed by atoms with van der Waals surface area (Å²) in [7, 11) is 1.63. The lowest BCUT2D eigenvalue weighted by atomic mass is 10.1. The van der Waals surface area contributed by atoms with E-state index in [4.69, 9.17) is 9.84 Å². The number of carboxylic acids is 1. The normalized spacial score (nSPS) is 19.2. The Bertz CT molecular complexity index is 740. The van der Waals surface area contributed by atoms with Crippen molar-refractivity contribution in [1.82, 2.24) is 5.32 Å². The molecular formula is C17H17NO4S. The van der Waals surface area contributed by atoms with Crippen molar-refractivity contribution >= 4 is 23.2 Å². The van der Waals surface area contributed by atoms with Crippen molar-refractivity contribution in [2.75, 3.05) is 7.11 Å². The average Bonchev–Trinajstić information content (AvgIpc) is 3.21. The van der Waals surface area contributed by atoms with E-state index in [0.717, 1.165) is 22.6 Å². The number of amides is 1. The second-order valence-electron chi connectivity index (χ2n) is 5.48. The van der Waals surface area contributed by atoms with E-state index >= 15 is 0 Å². The molecule has 2 aromatic rings. The number of thiophene rings is 1. The number of nitrogens with one attached hydrogen (secondary N) is 1. The topological polar surface area (TPSA) is 75.6 Å². The Morgan fingerprint density at radius 1 is 1.30 bits per heavy atom. The first-order valence-electron chi connectivity index (χ1n) is 7.32. The van der Waals surface area contributed by atoms with Crippen LogP contribution in [0.2, 0.25) is 0 Å². The lowest BCUT2D eigenvalue weighted by Crippen LogP contribution is -2.24. The molecule has 3 rings (SSSR count). The van der Waals surface area contributed by atoms with Crippen molar-refractivity contribution in [3.05, 3.63) is 51.7 Å². The smallest absolute Gasteiger partial charge is 0.345 e. The number of hydrogen-bond donors (Lipinski definition) is 2. The third-order valence-electron chi connectivity index (χ3n) is 3.97. The molecule has 2 atom stereocenters. The molecule has 0 aliphatic heterocycles. The molecule has 0 saturated heterocycles. The first kappa shape index (κ1) is 15.6. The summed E-state index contributed by atoms with van der Waals surface area (Å²) in [5.74, 6) is 0.0450. The average molecular weight is 331 g/mol. The Balaban J connectivity index is 1.57. The number of carbonyl (C=O) groups excluding carboxylic acids is 1. The Morgan fingerprint density at radius 3 is 2.78 bits per heavy atom. The standard InChI is InChI=1S/C17H17NO4S/c1-22-14-5-3-2-4-11(14)12-8-13(12)16(19)18-9-10-6-7-15(23-10)17(20)21/h2-7,12-13H,8-9H2,1H3,(H,18,19)(H,20,21). The van der Waals surface area contributed by atoms with Crippen LogP contribution >= 0.6 is 11.3 Å². The van der Waals surface area contributed by atoms with Gasteiger partial charge in [0.2, 0.25) is 5.91 Å². The van der Waals surface area contributed by atoms with E-state index in [1.807, 2.05) is 24.3 Å². The minimum Gasteiger partial charge on any atom is -0.496 e. The van der Waals surface area contributed by atoms with Crippen LogP contribution in [0.4, 0.5) is 0 Å². The quantitative estimate of drug-likeness (QED) is 0.853. The van der Waals surface area contributed by atoms with Crippen molar-refractivity contribution in [2.24, 2.45) is 5.92 Å². The van der Waals surface area contributed by atoms with Gasteiger partial charge in [-0.2, -0.15) is 0 Å². The number of aromatic carboxylic acids is 1. The molecule has 2 unspecified atom stereocenters. The molecule has 1 fully saturated rings. The van der Waals surface area contributed by atoms with Crippen LogP contribution in [-0.2, 0) is 11.3 Å². The van der Waals surface area contributed by atoms with Gasteiger partial charge in [0.25, 0.3) is 0 Å². The summed E-state index contributed by atoms with van der Waals surface area (Å²) in [6, 6.07) is 11.1. The Morgan fingerprint density at radius 2 is 2.09 bits per heavy atom. The summed E-state index contributed by atoms with van der Waals surface area (Å²) in [5, 5.41) is 11.8. The van der Waals surface area contributed by atoms with Gasteiger partial charge < -0.3 is 15.2 Å². The van der Waals surface area contributed by atoms with Gasteiger partial charge in [0.05, 0.1) is 13.7 Å². The van der Waals surface area contributed by atoms with E-state index in [0.29, 0.717) is 6.54 Å². The number of benzene rings is 1. The lowest BCUT2D eigenvalue weighted by molar-refractivity contribution is -0.122. The van der Waals surface area contributed by atoms with Gasteiger partial charge >= 0.3 is 5.97 Å². The van der Waals surface area contributed by atoms with Crippen molar-refractivity contribution in [1.29, 1.82) is 0 Å². The van der Waals surface area contributed by atoms with Crippen molar-refractivity contribution in [3.63, 3.8) is 0 Å². The monoisotopic (exact) mass is 331 g/mol. The fourth-order valence-electron chi connectivity index (χ4n) is 2.69. The van der Waals surface area contributed by atoms with Crippen LogP contribution in [0.15, 0.2) is 36.4 Å². The van der Waals surface area contributed by atoms with E-state index in [2.05, 4.69) is 5.32 Å². The number of carbonyl (C=O) groups is 2. The van der Waals surface area contributed by atoms with Gasteiger partial charge in [0.15, 0.2) is 0 Å². The number of para-hydroxylation sites is 1. The van der Waals surface area contributed by atoms with Gasteiger partial charge in [0.1, 0.15) is 10.6 Å². The number of methoxy groups -OCH3 is 1. The summed E-state index contributed by atoms with van der Waals surface area (Å²) in [4.78, 5) is 24.2. The molecule has 1 aliphatic rings. The summed E-state index contributed by atoms with van der Waals surface area (Å²) < 4.78 is 5.34. The zero-order chi connectivity index (χ0) is 16.4. The van der Waals surface area contributed by atoms with Crippen LogP contribution in [0.1, 0.15) is 32.5 Å². The Hall–Kier alpha value is -2.34. The van der Waals surface area contributed by atoms with Crippen LogP contribution in [0.5, 0.6) is 5.75 Å². The van der Waals surface area contributed by atoms with Crippen LogP contribution < -0.4 is 10.1 Å². The highest BCUT2D eigenvalue weighted by molar-refractivity contribution is 7.13. The SMILES string of the molecule is COc1ccccc1C1CC1C(=O)NCc1ccc(C(=O)O)s1. The fourth-order valence-corrected chi connectivity index (χ4v) is 3.48. The minimum atomic E-state index is -0.939. The number of rotatable bonds is 6. The van der Waals surface area contributed by atoms with Gasteiger partial charge in [-0.25, -0.2) is 4.79 Å². The number of hydrogen-bond acceptors (Lipinski definition) is 4. The van der Waals surface area contributed by atoms with Crippen LogP contribution in [-0.4, -0.2) is 24.1 Å². The number of ether oxygens (including phenoxy) is 1. The molecule has 23 heavy (non-hydrogen) atoms. The molecule has 2 N–H and O–H groups in total. The Labute approximate surface area is 137 Å². The van der Waals surface area contributed by atoms with Gasteiger partial charge in [-0.3, -0.25) is 4.79 Å². The number of carboxylic acid groups (broad SMARTS) is 1. The predicted octanol–water partition coefficient (Wildman–Crippen LogP) is 2.87. The maximum atomic E-state index is 12.2. The van der Waals surface area contributed by atoms with Gasteiger partial charge in [-0.05, 0) is 36.1 Å². The summed E-state index contributed by atoms with van der Waals surface area (Å²) >= 11 is 1.18. The zero-order valence-corrected chi connectivity index (χ0v) is 13.4. The molecule has 120 valence electrons. The molecule has 0 radical (unpaired) electrons. The predicted molar refractivity (Wildman–Crippen MR) is 87.0 cm³/mol. The largest absolute Gasteiger partial charge is 0.496 e. The maximum Gasteiger partial charge on any atom is 0.345 e. The molecule has 1 aromatic carbocycles.